The molecule has 0 aliphatic heterocycles. The van der Waals surface area contributed by atoms with Crippen LogP contribution in [0.1, 0.15) is 56.2 Å². The van der Waals surface area contributed by atoms with Gasteiger partial charge in [0, 0.05) is 19.7 Å². The van der Waals surface area contributed by atoms with Crippen LogP contribution in [-0.2, 0) is 24.4 Å². The van der Waals surface area contributed by atoms with E-state index in [1.807, 2.05) is 19.9 Å². The van der Waals surface area contributed by atoms with Crippen LogP contribution in [0.5, 0.6) is 0 Å². The quantitative estimate of drug-likeness (QED) is 0.557. The van der Waals surface area contributed by atoms with E-state index < -0.39 is 0 Å². The van der Waals surface area contributed by atoms with Crippen molar-refractivity contribution in [1.82, 2.24) is 15.8 Å². The van der Waals surface area contributed by atoms with Crippen molar-refractivity contribution < 1.29 is 9.26 Å². The van der Waals surface area contributed by atoms with E-state index in [9.17, 15) is 0 Å². The van der Waals surface area contributed by atoms with Gasteiger partial charge in [0.15, 0.2) is 11.7 Å². The van der Waals surface area contributed by atoms with Crippen LogP contribution in [0.3, 0.4) is 0 Å². The summed E-state index contributed by atoms with van der Waals surface area (Å²) in [6.07, 6.45) is 0.242. The van der Waals surface area contributed by atoms with Crippen molar-refractivity contribution in [3.05, 3.63) is 52.9 Å². The molecule has 6 nitrogen and oxygen atoms in total. The third-order valence-electron chi connectivity index (χ3n) is 3.89. The highest BCUT2D eigenvalue weighted by Gasteiger charge is 2.08. The molecule has 2 N–H and O–H groups in total. The van der Waals surface area contributed by atoms with Gasteiger partial charge in [-0.2, -0.15) is 0 Å². The second-order valence-corrected chi connectivity index (χ2v) is 6.83. The number of hydrogen-bond acceptors (Lipinski definition) is 4. The zero-order chi connectivity index (χ0) is 18.9. The zero-order valence-electron chi connectivity index (χ0n) is 16.4. The summed E-state index contributed by atoms with van der Waals surface area (Å²) in [5, 5.41) is 10.6. The van der Waals surface area contributed by atoms with Gasteiger partial charge in [-0.1, -0.05) is 43.3 Å². The number of ether oxygens (including phenoxy) is 1. The minimum absolute atomic E-state index is 0.242. The molecule has 0 aliphatic rings. The molecule has 0 saturated heterocycles. The van der Waals surface area contributed by atoms with Gasteiger partial charge in [-0.25, -0.2) is 0 Å². The van der Waals surface area contributed by atoms with Crippen molar-refractivity contribution in [2.75, 3.05) is 7.05 Å². The minimum atomic E-state index is 0.242. The van der Waals surface area contributed by atoms with Crippen molar-refractivity contribution in [3.8, 4) is 0 Å². The van der Waals surface area contributed by atoms with Gasteiger partial charge < -0.3 is 19.9 Å². The molecular weight excluding hydrogens is 328 g/mol. The molecule has 26 heavy (non-hydrogen) atoms. The summed E-state index contributed by atoms with van der Waals surface area (Å²) in [5.41, 5.74) is 3.32. The highest BCUT2D eigenvalue weighted by molar-refractivity contribution is 5.79. The van der Waals surface area contributed by atoms with E-state index in [1.54, 1.807) is 7.05 Å². The summed E-state index contributed by atoms with van der Waals surface area (Å²) in [6.45, 7) is 10.2. The van der Waals surface area contributed by atoms with Gasteiger partial charge in [-0.3, -0.25) is 4.99 Å². The standard InChI is InChI=1S/C20H30N4O2/c1-14(2)19-10-18(26-24-19)12-23-20(21-5)22-11-16-6-8-17(9-7-16)13-25-15(3)4/h6-10,14-15H,11-13H2,1-5H3,(H2,21,22,23). The fourth-order valence-corrected chi connectivity index (χ4v) is 2.28. The van der Waals surface area contributed by atoms with Crippen LogP contribution >= 0.6 is 0 Å². The van der Waals surface area contributed by atoms with Gasteiger partial charge in [0.2, 0.25) is 0 Å². The minimum Gasteiger partial charge on any atom is -0.374 e. The fraction of sp³-hybridized carbons (Fsp3) is 0.500. The van der Waals surface area contributed by atoms with Crippen molar-refractivity contribution in [1.29, 1.82) is 0 Å². The first-order chi connectivity index (χ1) is 12.5. The lowest BCUT2D eigenvalue weighted by molar-refractivity contribution is 0.0657. The number of benzene rings is 1. The molecule has 1 heterocycles. The van der Waals surface area contributed by atoms with Gasteiger partial charge in [-0.05, 0) is 30.9 Å². The van der Waals surface area contributed by atoms with Gasteiger partial charge in [-0.15, -0.1) is 0 Å². The maximum Gasteiger partial charge on any atom is 0.191 e. The lowest BCUT2D eigenvalue weighted by Crippen LogP contribution is -2.36. The molecule has 1 aromatic heterocycles. The Balaban J connectivity index is 1.79. The first-order valence-electron chi connectivity index (χ1n) is 9.07. The number of guanidine groups is 1. The Morgan fingerprint density at radius 1 is 1.08 bits per heavy atom. The van der Waals surface area contributed by atoms with Crippen LogP contribution in [0.4, 0.5) is 0 Å². The predicted molar refractivity (Wildman–Crippen MR) is 104 cm³/mol. The Morgan fingerprint density at radius 2 is 1.73 bits per heavy atom. The van der Waals surface area contributed by atoms with Crippen molar-refractivity contribution in [3.63, 3.8) is 0 Å². The molecule has 0 saturated carbocycles. The van der Waals surface area contributed by atoms with Crippen LogP contribution < -0.4 is 10.6 Å². The highest BCUT2D eigenvalue weighted by Crippen LogP contribution is 2.13. The topological polar surface area (TPSA) is 71.7 Å². The molecule has 0 spiro atoms. The Kier molecular flexibility index (Phi) is 7.66. The number of nitrogens with zero attached hydrogens (tertiary/aromatic N) is 2. The monoisotopic (exact) mass is 358 g/mol. The second-order valence-electron chi connectivity index (χ2n) is 6.83. The molecule has 0 radical (unpaired) electrons. The summed E-state index contributed by atoms with van der Waals surface area (Å²) in [6, 6.07) is 10.4. The Hall–Kier alpha value is -2.34. The average Bonchev–Trinajstić information content (AvgIpc) is 3.10. The molecule has 2 aromatic rings. The molecule has 0 aliphatic carbocycles. The predicted octanol–water partition coefficient (Wildman–Crippen LogP) is 3.59. The molecule has 1 aromatic carbocycles. The van der Waals surface area contributed by atoms with Crippen LogP contribution in [-0.4, -0.2) is 24.3 Å². The average molecular weight is 358 g/mol. The molecule has 0 amide bonds. The third-order valence-corrected chi connectivity index (χ3v) is 3.89. The van der Waals surface area contributed by atoms with Gasteiger partial charge in [0.25, 0.3) is 0 Å². The molecule has 0 fully saturated rings. The number of aliphatic imine (C=N–C) groups is 1. The normalized spacial score (nSPS) is 12.0. The highest BCUT2D eigenvalue weighted by atomic mass is 16.5. The Morgan fingerprint density at radius 3 is 2.31 bits per heavy atom. The lowest BCUT2D eigenvalue weighted by Gasteiger charge is -2.11. The maximum atomic E-state index is 5.61. The summed E-state index contributed by atoms with van der Waals surface area (Å²) < 4.78 is 10.9. The summed E-state index contributed by atoms with van der Waals surface area (Å²) >= 11 is 0. The van der Waals surface area contributed by atoms with Crippen molar-refractivity contribution in [2.24, 2.45) is 4.99 Å². The number of rotatable bonds is 8. The Bertz CT molecular complexity index is 690. The van der Waals surface area contributed by atoms with Crippen LogP contribution in [0.2, 0.25) is 0 Å². The van der Waals surface area contributed by atoms with E-state index in [1.165, 1.54) is 11.1 Å². The molecular formula is C20H30N4O2. The van der Waals surface area contributed by atoms with E-state index in [4.69, 9.17) is 9.26 Å². The Labute approximate surface area is 156 Å². The van der Waals surface area contributed by atoms with E-state index in [-0.39, 0.29) is 6.10 Å². The van der Waals surface area contributed by atoms with Crippen LogP contribution in [0, 0.1) is 0 Å². The first kappa shape index (κ1) is 20.0. The molecule has 142 valence electrons. The zero-order valence-corrected chi connectivity index (χ0v) is 16.4. The third kappa shape index (κ3) is 6.52. The van der Waals surface area contributed by atoms with Crippen LogP contribution in [0.25, 0.3) is 0 Å². The van der Waals surface area contributed by atoms with Gasteiger partial charge >= 0.3 is 0 Å². The van der Waals surface area contributed by atoms with E-state index in [0.29, 0.717) is 25.6 Å². The lowest BCUT2D eigenvalue weighted by atomic mass is 10.1. The van der Waals surface area contributed by atoms with Gasteiger partial charge in [0.05, 0.1) is 24.9 Å². The summed E-state index contributed by atoms with van der Waals surface area (Å²) in [7, 11) is 1.75. The molecule has 2 rings (SSSR count). The summed E-state index contributed by atoms with van der Waals surface area (Å²) in [5.74, 6) is 1.88. The van der Waals surface area contributed by atoms with E-state index in [0.717, 1.165) is 17.4 Å². The van der Waals surface area contributed by atoms with Crippen LogP contribution in [0.15, 0.2) is 39.8 Å². The SMILES string of the molecule is CN=C(NCc1ccc(COC(C)C)cc1)NCc1cc(C(C)C)no1. The van der Waals surface area contributed by atoms with Crippen molar-refractivity contribution in [2.45, 2.75) is 59.4 Å². The maximum absolute atomic E-state index is 5.61. The molecule has 0 atom stereocenters. The van der Waals surface area contributed by atoms with Crippen molar-refractivity contribution >= 4 is 5.96 Å². The number of nitrogens with one attached hydrogen (secondary N) is 2. The van der Waals surface area contributed by atoms with E-state index in [2.05, 4.69) is 58.9 Å². The largest absolute Gasteiger partial charge is 0.374 e. The number of hydrogen-bond donors (Lipinski definition) is 2. The second kappa shape index (κ2) is 9.97. The smallest absolute Gasteiger partial charge is 0.191 e. The fourth-order valence-electron chi connectivity index (χ4n) is 2.28. The first-order valence-corrected chi connectivity index (χ1v) is 9.07. The molecule has 0 unspecified atom stereocenters. The number of aromatic nitrogens is 1. The summed E-state index contributed by atoms with van der Waals surface area (Å²) in [4.78, 5) is 4.24. The van der Waals surface area contributed by atoms with Gasteiger partial charge in [0.1, 0.15) is 0 Å². The molecule has 0 bridgehead atoms. The molecule has 6 heteroatoms. The van der Waals surface area contributed by atoms with E-state index >= 15 is 0 Å².